The van der Waals surface area contributed by atoms with Crippen molar-refractivity contribution in [2.45, 2.75) is 11.5 Å². The predicted molar refractivity (Wildman–Crippen MR) is 52.3 cm³/mol. The van der Waals surface area contributed by atoms with Crippen LogP contribution in [-0.4, -0.2) is 35.3 Å². The van der Waals surface area contributed by atoms with E-state index in [1.165, 1.54) is 0 Å². The standard InChI is InChI=1S/C10H12N2O3/c11-8(9(13)14)10(5-15-6-10)7-1-3-12-4-2-7/h1-4,8H,5-6,11H2,(H,13,14). The number of hydrogen-bond donors (Lipinski definition) is 2. The molecule has 0 radical (unpaired) electrons. The summed E-state index contributed by atoms with van der Waals surface area (Å²) in [7, 11) is 0. The molecule has 1 aromatic heterocycles. The zero-order valence-corrected chi connectivity index (χ0v) is 8.09. The Labute approximate surface area is 86.9 Å². The molecule has 1 aliphatic heterocycles. The summed E-state index contributed by atoms with van der Waals surface area (Å²) in [4.78, 5) is 14.8. The van der Waals surface area contributed by atoms with Crippen LogP contribution in [0.2, 0.25) is 0 Å². The van der Waals surface area contributed by atoms with Crippen molar-refractivity contribution in [2.24, 2.45) is 5.73 Å². The molecular weight excluding hydrogens is 196 g/mol. The van der Waals surface area contributed by atoms with Gasteiger partial charge in [0, 0.05) is 12.4 Å². The molecule has 0 aromatic carbocycles. The van der Waals surface area contributed by atoms with Crippen LogP contribution in [-0.2, 0) is 14.9 Å². The van der Waals surface area contributed by atoms with Gasteiger partial charge in [0.05, 0.1) is 18.6 Å². The minimum absolute atomic E-state index is 0.352. The van der Waals surface area contributed by atoms with Gasteiger partial charge in [0.25, 0.3) is 0 Å². The zero-order chi connectivity index (χ0) is 10.9. The summed E-state index contributed by atoms with van der Waals surface area (Å²) in [5.41, 5.74) is 5.97. The second-order valence-corrected chi connectivity index (χ2v) is 3.70. The van der Waals surface area contributed by atoms with Crippen LogP contribution in [0.15, 0.2) is 24.5 Å². The Morgan fingerprint density at radius 3 is 2.53 bits per heavy atom. The molecule has 0 bridgehead atoms. The van der Waals surface area contributed by atoms with Gasteiger partial charge in [-0.2, -0.15) is 0 Å². The molecule has 5 heteroatoms. The van der Waals surface area contributed by atoms with E-state index >= 15 is 0 Å². The van der Waals surface area contributed by atoms with Gasteiger partial charge in [-0.05, 0) is 17.7 Å². The minimum Gasteiger partial charge on any atom is -0.480 e. The molecule has 0 spiro atoms. The maximum absolute atomic E-state index is 10.9. The molecular formula is C10H12N2O3. The molecule has 1 saturated heterocycles. The van der Waals surface area contributed by atoms with Crippen LogP contribution in [0.3, 0.4) is 0 Å². The topological polar surface area (TPSA) is 85.4 Å². The van der Waals surface area contributed by atoms with Crippen molar-refractivity contribution in [3.05, 3.63) is 30.1 Å². The third kappa shape index (κ3) is 1.49. The average molecular weight is 208 g/mol. The molecule has 0 amide bonds. The van der Waals surface area contributed by atoms with E-state index in [1.54, 1.807) is 24.5 Å². The smallest absolute Gasteiger partial charge is 0.321 e. The van der Waals surface area contributed by atoms with Crippen LogP contribution >= 0.6 is 0 Å². The third-order valence-corrected chi connectivity index (χ3v) is 2.84. The molecule has 1 aliphatic rings. The Balaban J connectivity index is 2.34. The molecule has 2 heterocycles. The average Bonchev–Trinajstić information content (AvgIpc) is 2.17. The molecule has 1 atom stereocenters. The number of hydrogen-bond acceptors (Lipinski definition) is 4. The van der Waals surface area contributed by atoms with Crippen molar-refractivity contribution in [3.8, 4) is 0 Å². The molecule has 3 N–H and O–H groups in total. The number of aromatic nitrogens is 1. The summed E-state index contributed by atoms with van der Waals surface area (Å²) >= 11 is 0. The fourth-order valence-electron chi connectivity index (χ4n) is 1.77. The number of aliphatic carboxylic acids is 1. The quantitative estimate of drug-likeness (QED) is 0.716. The Kier molecular flexibility index (Phi) is 2.42. The summed E-state index contributed by atoms with van der Waals surface area (Å²) in [6.45, 7) is 0.703. The second kappa shape index (κ2) is 3.60. The zero-order valence-electron chi connectivity index (χ0n) is 8.09. The van der Waals surface area contributed by atoms with Crippen LogP contribution in [0.5, 0.6) is 0 Å². The van der Waals surface area contributed by atoms with E-state index in [2.05, 4.69) is 4.98 Å². The lowest BCUT2D eigenvalue weighted by Crippen LogP contribution is -2.61. The first-order valence-electron chi connectivity index (χ1n) is 4.63. The van der Waals surface area contributed by atoms with E-state index in [-0.39, 0.29) is 0 Å². The van der Waals surface area contributed by atoms with Gasteiger partial charge in [-0.3, -0.25) is 9.78 Å². The highest BCUT2D eigenvalue weighted by molar-refractivity contribution is 5.76. The fraction of sp³-hybridized carbons (Fsp3) is 0.400. The molecule has 0 aliphatic carbocycles. The largest absolute Gasteiger partial charge is 0.480 e. The van der Waals surface area contributed by atoms with E-state index in [4.69, 9.17) is 15.6 Å². The van der Waals surface area contributed by atoms with E-state index in [9.17, 15) is 4.79 Å². The first-order chi connectivity index (χ1) is 7.17. The van der Waals surface area contributed by atoms with Crippen LogP contribution < -0.4 is 5.73 Å². The lowest BCUT2D eigenvalue weighted by Gasteiger charge is -2.44. The van der Waals surface area contributed by atoms with Gasteiger partial charge in [-0.1, -0.05) is 0 Å². The van der Waals surface area contributed by atoms with Crippen LogP contribution in [0, 0.1) is 0 Å². The second-order valence-electron chi connectivity index (χ2n) is 3.70. The highest BCUT2D eigenvalue weighted by Crippen LogP contribution is 2.34. The number of nitrogens with two attached hydrogens (primary N) is 1. The molecule has 0 saturated carbocycles. The molecule has 15 heavy (non-hydrogen) atoms. The molecule has 1 fully saturated rings. The minimum atomic E-state index is -1.00. The summed E-state index contributed by atoms with van der Waals surface area (Å²) in [5.74, 6) is -1.00. The molecule has 1 unspecified atom stereocenters. The van der Waals surface area contributed by atoms with Crippen molar-refractivity contribution >= 4 is 5.97 Å². The fourth-order valence-corrected chi connectivity index (χ4v) is 1.77. The van der Waals surface area contributed by atoms with Gasteiger partial charge >= 0.3 is 5.97 Å². The molecule has 1 aromatic rings. The maximum atomic E-state index is 10.9. The number of pyridine rings is 1. The molecule has 2 rings (SSSR count). The van der Waals surface area contributed by atoms with Crippen LogP contribution in [0.25, 0.3) is 0 Å². The number of carboxylic acids is 1. The lowest BCUT2D eigenvalue weighted by molar-refractivity contribution is -0.148. The van der Waals surface area contributed by atoms with Gasteiger partial charge in [0.15, 0.2) is 0 Å². The monoisotopic (exact) mass is 208 g/mol. The molecule has 5 nitrogen and oxygen atoms in total. The van der Waals surface area contributed by atoms with Crippen LogP contribution in [0.4, 0.5) is 0 Å². The van der Waals surface area contributed by atoms with E-state index in [1.807, 2.05) is 0 Å². The van der Waals surface area contributed by atoms with Gasteiger partial charge in [-0.25, -0.2) is 0 Å². The first kappa shape index (κ1) is 10.1. The number of ether oxygens (including phenoxy) is 1. The summed E-state index contributed by atoms with van der Waals surface area (Å²) < 4.78 is 5.10. The van der Waals surface area contributed by atoms with Gasteiger partial charge in [0.1, 0.15) is 6.04 Å². The highest BCUT2D eigenvalue weighted by atomic mass is 16.5. The van der Waals surface area contributed by atoms with Crippen molar-refractivity contribution in [1.82, 2.24) is 4.98 Å². The Morgan fingerprint density at radius 2 is 2.13 bits per heavy atom. The molecule has 80 valence electrons. The van der Waals surface area contributed by atoms with Crippen molar-refractivity contribution in [2.75, 3.05) is 13.2 Å². The van der Waals surface area contributed by atoms with E-state index < -0.39 is 17.4 Å². The van der Waals surface area contributed by atoms with Gasteiger partial charge in [0.2, 0.25) is 0 Å². The number of nitrogens with zero attached hydrogens (tertiary/aromatic N) is 1. The van der Waals surface area contributed by atoms with E-state index in [0.29, 0.717) is 13.2 Å². The lowest BCUT2D eigenvalue weighted by atomic mass is 9.73. The Hall–Kier alpha value is -1.46. The van der Waals surface area contributed by atoms with Crippen molar-refractivity contribution < 1.29 is 14.6 Å². The van der Waals surface area contributed by atoms with E-state index in [0.717, 1.165) is 5.56 Å². The van der Waals surface area contributed by atoms with Crippen molar-refractivity contribution in [3.63, 3.8) is 0 Å². The summed E-state index contributed by atoms with van der Waals surface area (Å²) in [6, 6.07) is 2.63. The number of carboxylic acid groups (broad SMARTS) is 1. The first-order valence-corrected chi connectivity index (χ1v) is 4.63. The normalized spacial score (nSPS) is 20.3. The third-order valence-electron chi connectivity index (χ3n) is 2.84. The van der Waals surface area contributed by atoms with Crippen molar-refractivity contribution in [1.29, 1.82) is 0 Å². The Bertz CT molecular complexity index is 362. The number of rotatable bonds is 3. The highest BCUT2D eigenvalue weighted by Gasteiger charge is 2.48. The maximum Gasteiger partial charge on any atom is 0.321 e. The van der Waals surface area contributed by atoms with Gasteiger partial charge < -0.3 is 15.6 Å². The Morgan fingerprint density at radius 1 is 1.53 bits per heavy atom. The number of carbonyl (C=O) groups is 1. The SMILES string of the molecule is NC(C(=O)O)C1(c2ccncc2)COC1. The van der Waals surface area contributed by atoms with Gasteiger partial charge in [-0.15, -0.1) is 0 Å². The summed E-state index contributed by atoms with van der Waals surface area (Å²) in [6.07, 6.45) is 3.26. The predicted octanol–water partition coefficient (Wildman–Crippen LogP) is -0.239. The summed E-state index contributed by atoms with van der Waals surface area (Å²) in [5, 5.41) is 8.95. The van der Waals surface area contributed by atoms with Crippen LogP contribution in [0.1, 0.15) is 5.56 Å².